The van der Waals surface area contributed by atoms with E-state index in [1.165, 1.54) is 5.56 Å². The Hall–Kier alpha value is -2.67. The lowest BCUT2D eigenvalue weighted by molar-refractivity contribution is -0.137. The van der Waals surface area contributed by atoms with E-state index in [-0.39, 0.29) is 23.4 Å². The van der Waals surface area contributed by atoms with E-state index in [2.05, 4.69) is 36.2 Å². The lowest BCUT2D eigenvalue weighted by Gasteiger charge is -2.29. The molecule has 3 nitrogen and oxygen atoms in total. The summed E-state index contributed by atoms with van der Waals surface area (Å²) in [7, 11) is 0. The first-order valence-electron chi connectivity index (χ1n) is 11.2. The summed E-state index contributed by atoms with van der Waals surface area (Å²) >= 11 is 0. The van der Waals surface area contributed by atoms with Gasteiger partial charge in [0.1, 0.15) is 5.82 Å². The monoisotopic (exact) mass is 461 g/mol. The van der Waals surface area contributed by atoms with Crippen molar-refractivity contribution in [1.29, 1.82) is 0 Å². The predicted molar refractivity (Wildman–Crippen MR) is 118 cm³/mol. The van der Waals surface area contributed by atoms with Crippen molar-refractivity contribution >= 4 is 11.6 Å². The van der Waals surface area contributed by atoms with Crippen molar-refractivity contribution < 1.29 is 27.1 Å². The molecular weight excluding hydrogens is 434 g/mol. The molecule has 1 saturated carbocycles. The third-order valence-electron chi connectivity index (χ3n) is 6.86. The molecule has 176 valence electrons. The van der Waals surface area contributed by atoms with Gasteiger partial charge in [-0.1, -0.05) is 36.8 Å². The molecule has 0 aromatic heterocycles. The van der Waals surface area contributed by atoms with E-state index in [1.54, 1.807) is 0 Å². The van der Waals surface area contributed by atoms with Crippen molar-refractivity contribution in [1.82, 2.24) is 0 Å². The number of anilines is 1. The molecule has 1 N–H and O–H groups in total. The standard InChI is InChI=1S/C26H27F4NO2/c1-2-16-14-33-15-22(16)18-8-6-17(7-9-18)19-4-3-5-20(12-19)25(32)31-24-11-10-21(13-23(24)27)26(28,29)30/h2,6-11,13,16,19-20,22H,1,3-5,12,14-15H2,(H,31,32)/t16?,19?,20?,22-/m1/s1. The minimum atomic E-state index is -4.63. The zero-order valence-corrected chi connectivity index (χ0v) is 18.2. The van der Waals surface area contributed by atoms with Crippen LogP contribution in [-0.4, -0.2) is 19.1 Å². The minimum absolute atomic E-state index is 0.205. The lowest BCUT2D eigenvalue weighted by Crippen LogP contribution is -2.28. The molecule has 2 fully saturated rings. The highest BCUT2D eigenvalue weighted by Gasteiger charge is 2.33. The second-order valence-corrected chi connectivity index (χ2v) is 8.95. The predicted octanol–water partition coefficient (Wildman–Crippen LogP) is 6.67. The fourth-order valence-corrected chi connectivity index (χ4v) is 4.92. The molecule has 0 spiro atoms. The number of carbonyl (C=O) groups excluding carboxylic acids is 1. The first kappa shape index (κ1) is 23.5. The molecule has 2 aromatic rings. The van der Waals surface area contributed by atoms with Crippen LogP contribution in [0.15, 0.2) is 55.1 Å². The molecule has 1 aliphatic carbocycles. The third kappa shape index (κ3) is 5.29. The van der Waals surface area contributed by atoms with Crippen LogP contribution in [0.1, 0.15) is 54.2 Å². The topological polar surface area (TPSA) is 38.3 Å². The van der Waals surface area contributed by atoms with Gasteiger partial charge in [0, 0.05) is 17.8 Å². The Morgan fingerprint density at radius 2 is 1.79 bits per heavy atom. The molecule has 1 amide bonds. The fraction of sp³-hybridized carbons (Fsp3) is 0.423. The molecule has 7 heteroatoms. The molecular formula is C26H27F4NO2. The number of rotatable bonds is 5. The highest BCUT2D eigenvalue weighted by atomic mass is 19.4. The Morgan fingerprint density at radius 1 is 1.06 bits per heavy atom. The smallest absolute Gasteiger partial charge is 0.380 e. The third-order valence-corrected chi connectivity index (χ3v) is 6.86. The van der Waals surface area contributed by atoms with Gasteiger partial charge in [0.2, 0.25) is 5.91 Å². The van der Waals surface area contributed by atoms with Crippen molar-refractivity contribution in [2.75, 3.05) is 18.5 Å². The molecule has 3 unspecified atom stereocenters. The highest BCUT2D eigenvalue weighted by Crippen LogP contribution is 2.39. The highest BCUT2D eigenvalue weighted by molar-refractivity contribution is 5.92. The number of hydrogen-bond acceptors (Lipinski definition) is 2. The van der Waals surface area contributed by atoms with Crippen LogP contribution in [0.3, 0.4) is 0 Å². The molecule has 0 bridgehead atoms. The van der Waals surface area contributed by atoms with Gasteiger partial charge in [-0.25, -0.2) is 4.39 Å². The molecule has 1 saturated heterocycles. The molecule has 1 aliphatic heterocycles. The summed E-state index contributed by atoms with van der Waals surface area (Å²) in [5, 5.41) is 2.48. The van der Waals surface area contributed by atoms with Crippen molar-refractivity contribution in [3.63, 3.8) is 0 Å². The molecule has 2 aliphatic rings. The van der Waals surface area contributed by atoms with Gasteiger partial charge in [-0.3, -0.25) is 4.79 Å². The largest absolute Gasteiger partial charge is 0.416 e. The van der Waals surface area contributed by atoms with Gasteiger partial charge in [-0.15, -0.1) is 6.58 Å². The number of benzene rings is 2. The fourth-order valence-electron chi connectivity index (χ4n) is 4.92. The zero-order chi connectivity index (χ0) is 23.6. The average Bonchev–Trinajstić information content (AvgIpc) is 3.29. The van der Waals surface area contributed by atoms with Crippen molar-refractivity contribution in [2.45, 2.75) is 43.7 Å². The van der Waals surface area contributed by atoms with Crippen LogP contribution in [0, 0.1) is 17.7 Å². The van der Waals surface area contributed by atoms with Gasteiger partial charge in [-0.05, 0) is 54.5 Å². The lowest BCUT2D eigenvalue weighted by atomic mass is 9.77. The van der Waals surface area contributed by atoms with Crippen LogP contribution < -0.4 is 5.32 Å². The number of nitrogens with one attached hydrogen (secondary N) is 1. The number of amides is 1. The Balaban J connectivity index is 1.40. The number of ether oxygens (including phenoxy) is 1. The summed E-state index contributed by atoms with van der Waals surface area (Å²) in [5.74, 6) is -0.944. The van der Waals surface area contributed by atoms with E-state index < -0.39 is 17.6 Å². The van der Waals surface area contributed by atoms with Gasteiger partial charge in [-0.2, -0.15) is 13.2 Å². The maximum absolute atomic E-state index is 14.1. The number of hydrogen-bond donors (Lipinski definition) is 1. The summed E-state index contributed by atoms with van der Waals surface area (Å²) < 4.78 is 58.0. The molecule has 33 heavy (non-hydrogen) atoms. The molecule has 1 heterocycles. The van der Waals surface area contributed by atoms with E-state index in [0.29, 0.717) is 44.0 Å². The van der Waals surface area contributed by atoms with Crippen molar-refractivity contribution in [2.24, 2.45) is 11.8 Å². The summed E-state index contributed by atoms with van der Waals surface area (Å²) in [4.78, 5) is 12.8. The van der Waals surface area contributed by atoms with Gasteiger partial charge >= 0.3 is 6.18 Å². The van der Waals surface area contributed by atoms with Crippen LogP contribution in [0.25, 0.3) is 0 Å². The van der Waals surface area contributed by atoms with E-state index in [4.69, 9.17) is 4.74 Å². The van der Waals surface area contributed by atoms with Crippen LogP contribution in [-0.2, 0) is 15.7 Å². The Morgan fingerprint density at radius 3 is 2.45 bits per heavy atom. The van der Waals surface area contributed by atoms with Crippen LogP contribution in [0.5, 0.6) is 0 Å². The normalized spacial score (nSPS) is 25.6. The zero-order valence-electron chi connectivity index (χ0n) is 18.2. The SMILES string of the molecule is C=CC1COC[C@H]1c1ccc(C2CCCC(C(=O)Nc3ccc(C(F)(F)F)cc3F)C2)cc1. The maximum atomic E-state index is 14.1. The van der Waals surface area contributed by atoms with E-state index in [0.717, 1.165) is 30.5 Å². The Labute approximate surface area is 190 Å². The second-order valence-electron chi connectivity index (χ2n) is 8.95. The molecule has 4 rings (SSSR count). The minimum Gasteiger partial charge on any atom is -0.380 e. The first-order chi connectivity index (χ1) is 15.8. The van der Waals surface area contributed by atoms with E-state index in [9.17, 15) is 22.4 Å². The number of alkyl halides is 3. The average molecular weight is 461 g/mol. The van der Waals surface area contributed by atoms with Gasteiger partial charge in [0.25, 0.3) is 0 Å². The van der Waals surface area contributed by atoms with E-state index >= 15 is 0 Å². The van der Waals surface area contributed by atoms with Crippen molar-refractivity contribution in [3.05, 3.63) is 77.6 Å². The van der Waals surface area contributed by atoms with Crippen molar-refractivity contribution in [3.8, 4) is 0 Å². The quantitative estimate of drug-likeness (QED) is 0.399. The summed E-state index contributed by atoms with van der Waals surface area (Å²) in [5.41, 5.74) is 1.06. The van der Waals surface area contributed by atoms with Gasteiger partial charge < -0.3 is 10.1 Å². The molecule has 2 aromatic carbocycles. The summed E-state index contributed by atoms with van der Waals surface area (Å²) in [6.45, 7) is 5.27. The van der Waals surface area contributed by atoms with Crippen LogP contribution >= 0.6 is 0 Å². The summed E-state index contributed by atoms with van der Waals surface area (Å²) in [6.07, 6.45) is 0.412. The molecule has 0 radical (unpaired) electrons. The van der Waals surface area contributed by atoms with Crippen LogP contribution in [0.2, 0.25) is 0 Å². The maximum Gasteiger partial charge on any atom is 0.416 e. The Bertz CT molecular complexity index is 1000. The first-order valence-corrected chi connectivity index (χ1v) is 11.2. The van der Waals surface area contributed by atoms with Gasteiger partial charge in [0.15, 0.2) is 0 Å². The van der Waals surface area contributed by atoms with Crippen LogP contribution in [0.4, 0.5) is 23.2 Å². The summed E-state index contributed by atoms with van der Waals surface area (Å²) in [6, 6.07) is 10.6. The number of halogens is 4. The Kier molecular flexibility index (Phi) is 6.88. The second kappa shape index (κ2) is 9.67. The van der Waals surface area contributed by atoms with Gasteiger partial charge in [0.05, 0.1) is 24.5 Å². The van der Waals surface area contributed by atoms with E-state index in [1.807, 2.05) is 6.08 Å². The number of carbonyl (C=O) groups is 1. The molecule has 4 atom stereocenters.